The molecule has 16 heavy (non-hydrogen) atoms. The van der Waals surface area contributed by atoms with E-state index in [1.54, 1.807) is 12.1 Å². The largest absolute Gasteiger partial charge is 0.240 e. The van der Waals surface area contributed by atoms with Crippen LogP contribution in [0.4, 0.5) is 0 Å². The lowest BCUT2D eigenvalue weighted by atomic mass is 10.2. The maximum atomic E-state index is 11.9. The molecule has 0 spiro atoms. The van der Waals surface area contributed by atoms with Gasteiger partial charge in [0.05, 0.1) is 4.90 Å². The molecular formula is C12H17NO2S. The molecule has 0 aliphatic heterocycles. The Labute approximate surface area is 96.9 Å². The normalized spacial score (nSPS) is 16.3. The summed E-state index contributed by atoms with van der Waals surface area (Å²) in [4.78, 5) is 0.394. The van der Waals surface area contributed by atoms with Crippen LogP contribution in [0.25, 0.3) is 0 Å². The van der Waals surface area contributed by atoms with Crippen LogP contribution in [0.3, 0.4) is 0 Å². The first kappa shape index (κ1) is 11.6. The van der Waals surface area contributed by atoms with Gasteiger partial charge in [0, 0.05) is 6.54 Å². The SMILES string of the molecule is Cc1ccccc1S(=O)(=O)NCCC1CC1. The number of benzene rings is 1. The first-order chi connectivity index (χ1) is 7.59. The summed E-state index contributed by atoms with van der Waals surface area (Å²) in [5, 5.41) is 0. The van der Waals surface area contributed by atoms with Crippen molar-refractivity contribution in [3.8, 4) is 0 Å². The summed E-state index contributed by atoms with van der Waals surface area (Å²) in [6, 6.07) is 7.06. The number of nitrogens with one attached hydrogen (secondary N) is 1. The molecular weight excluding hydrogens is 222 g/mol. The van der Waals surface area contributed by atoms with Gasteiger partial charge in [-0.1, -0.05) is 31.0 Å². The highest BCUT2D eigenvalue weighted by Crippen LogP contribution is 2.31. The molecule has 0 atom stereocenters. The Morgan fingerprint density at radius 1 is 1.31 bits per heavy atom. The number of hydrogen-bond donors (Lipinski definition) is 1. The second-order valence-electron chi connectivity index (χ2n) is 4.40. The van der Waals surface area contributed by atoms with E-state index in [9.17, 15) is 8.42 Å². The molecule has 0 saturated heterocycles. The highest BCUT2D eigenvalue weighted by molar-refractivity contribution is 7.89. The van der Waals surface area contributed by atoms with Crippen molar-refractivity contribution in [2.75, 3.05) is 6.54 Å². The molecule has 1 saturated carbocycles. The lowest BCUT2D eigenvalue weighted by molar-refractivity contribution is 0.574. The zero-order valence-corrected chi connectivity index (χ0v) is 10.3. The molecule has 0 amide bonds. The molecule has 1 aliphatic rings. The molecule has 88 valence electrons. The number of hydrogen-bond acceptors (Lipinski definition) is 2. The first-order valence-electron chi connectivity index (χ1n) is 5.65. The van der Waals surface area contributed by atoms with Gasteiger partial charge in [-0.05, 0) is 30.9 Å². The van der Waals surface area contributed by atoms with E-state index in [1.807, 2.05) is 19.1 Å². The van der Waals surface area contributed by atoms with Crippen molar-refractivity contribution in [2.45, 2.75) is 31.1 Å². The Morgan fingerprint density at radius 2 is 2.00 bits per heavy atom. The molecule has 0 radical (unpaired) electrons. The zero-order valence-electron chi connectivity index (χ0n) is 9.44. The third-order valence-corrected chi connectivity index (χ3v) is 4.55. The Hall–Kier alpha value is -0.870. The van der Waals surface area contributed by atoms with Crippen molar-refractivity contribution in [2.24, 2.45) is 5.92 Å². The van der Waals surface area contributed by atoms with Crippen molar-refractivity contribution >= 4 is 10.0 Å². The van der Waals surface area contributed by atoms with E-state index in [2.05, 4.69) is 4.72 Å². The predicted octanol–water partition coefficient (Wildman–Crippen LogP) is 2.07. The fourth-order valence-corrected chi connectivity index (χ4v) is 3.03. The third kappa shape index (κ3) is 2.83. The number of aryl methyl sites for hydroxylation is 1. The van der Waals surface area contributed by atoms with E-state index in [0.717, 1.165) is 17.9 Å². The maximum absolute atomic E-state index is 11.9. The van der Waals surface area contributed by atoms with E-state index in [-0.39, 0.29) is 0 Å². The number of rotatable bonds is 5. The minimum atomic E-state index is -3.31. The van der Waals surface area contributed by atoms with Gasteiger partial charge in [-0.2, -0.15) is 0 Å². The van der Waals surface area contributed by atoms with Crippen molar-refractivity contribution in [1.29, 1.82) is 0 Å². The van der Waals surface area contributed by atoms with Crippen molar-refractivity contribution in [3.05, 3.63) is 29.8 Å². The molecule has 1 aromatic carbocycles. The van der Waals surface area contributed by atoms with Gasteiger partial charge in [-0.25, -0.2) is 13.1 Å². The molecule has 0 aromatic heterocycles. The third-order valence-electron chi connectivity index (χ3n) is 2.92. The van der Waals surface area contributed by atoms with E-state index in [1.165, 1.54) is 12.8 Å². The minimum absolute atomic E-state index is 0.394. The van der Waals surface area contributed by atoms with E-state index < -0.39 is 10.0 Å². The van der Waals surface area contributed by atoms with Gasteiger partial charge < -0.3 is 0 Å². The summed E-state index contributed by atoms with van der Waals surface area (Å²) < 4.78 is 26.5. The molecule has 1 fully saturated rings. The summed E-state index contributed by atoms with van der Waals surface area (Å²) in [5.41, 5.74) is 0.793. The maximum Gasteiger partial charge on any atom is 0.240 e. The molecule has 0 unspecified atom stereocenters. The summed E-state index contributed by atoms with van der Waals surface area (Å²) in [6.45, 7) is 2.37. The Kier molecular flexibility index (Phi) is 3.30. The minimum Gasteiger partial charge on any atom is -0.211 e. The smallest absolute Gasteiger partial charge is 0.211 e. The van der Waals surface area contributed by atoms with Crippen LogP contribution in [-0.4, -0.2) is 15.0 Å². The van der Waals surface area contributed by atoms with Crippen LogP contribution in [0.5, 0.6) is 0 Å². The van der Waals surface area contributed by atoms with Gasteiger partial charge in [-0.3, -0.25) is 0 Å². The monoisotopic (exact) mass is 239 g/mol. The lowest BCUT2D eigenvalue weighted by Crippen LogP contribution is -2.25. The van der Waals surface area contributed by atoms with Crippen molar-refractivity contribution in [3.63, 3.8) is 0 Å². The molecule has 4 heteroatoms. The van der Waals surface area contributed by atoms with Gasteiger partial charge >= 0.3 is 0 Å². The summed E-state index contributed by atoms with van der Waals surface area (Å²) in [7, 11) is -3.31. The van der Waals surface area contributed by atoms with Crippen LogP contribution in [0, 0.1) is 12.8 Å². The Bertz CT molecular complexity index is 464. The van der Waals surface area contributed by atoms with Crippen LogP contribution in [-0.2, 0) is 10.0 Å². The second kappa shape index (κ2) is 4.55. The predicted molar refractivity (Wildman–Crippen MR) is 63.7 cm³/mol. The van der Waals surface area contributed by atoms with E-state index in [4.69, 9.17) is 0 Å². The fraction of sp³-hybridized carbons (Fsp3) is 0.500. The molecule has 1 aliphatic carbocycles. The van der Waals surface area contributed by atoms with Crippen LogP contribution < -0.4 is 4.72 Å². The second-order valence-corrected chi connectivity index (χ2v) is 6.13. The Balaban J connectivity index is 2.03. The molecule has 1 N–H and O–H groups in total. The highest BCUT2D eigenvalue weighted by atomic mass is 32.2. The van der Waals surface area contributed by atoms with E-state index in [0.29, 0.717) is 11.4 Å². The Morgan fingerprint density at radius 3 is 2.62 bits per heavy atom. The average molecular weight is 239 g/mol. The van der Waals surface area contributed by atoms with Gasteiger partial charge in [0.15, 0.2) is 0 Å². The first-order valence-corrected chi connectivity index (χ1v) is 7.13. The quantitative estimate of drug-likeness (QED) is 0.855. The lowest BCUT2D eigenvalue weighted by Gasteiger charge is -2.08. The molecule has 0 bridgehead atoms. The molecule has 3 nitrogen and oxygen atoms in total. The summed E-state index contributed by atoms with van der Waals surface area (Å²) in [6.07, 6.45) is 3.48. The van der Waals surface area contributed by atoms with E-state index >= 15 is 0 Å². The zero-order chi connectivity index (χ0) is 11.6. The van der Waals surface area contributed by atoms with Crippen LogP contribution in [0.15, 0.2) is 29.2 Å². The van der Waals surface area contributed by atoms with Crippen molar-refractivity contribution in [1.82, 2.24) is 4.72 Å². The average Bonchev–Trinajstić information content (AvgIpc) is 3.02. The molecule has 2 rings (SSSR count). The highest BCUT2D eigenvalue weighted by Gasteiger charge is 2.22. The number of sulfonamides is 1. The van der Waals surface area contributed by atoms with Gasteiger partial charge in [-0.15, -0.1) is 0 Å². The van der Waals surface area contributed by atoms with Gasteiger partial charge in [0.2, 0.25) is 10.0 Å². The molecule has 0 heterocycles. The topological polar surface area (TPSA) is 46.2 Å². The van der Waals surface area contributed by atoms with Gasteiger partial charge in [0.25, 0.3) is 0 Å². The van der Waals surface area contributed by atoms with Crippen LogP contribution in [0.2, 0.25) is 0 Å². The molecule has 1 aromatic rings. The standard InChI is InChI=1S/C12H17NO2S/c1-10-4-2-3-5-12(10)16(14,15)13-9-8-11-6-7-11/h2-5,11,13H,6-9H2,1H3. The summed E-state index contributed by atoms with van der Waals surface area (Å²) in [5.74, 6) is 0.750. The van der Waals surface area contributed by atoms with Crippen LogP contribution >= 0.6 is 0 Å². The van der Waals surface area contributed by atoms with Crippen molar-refractivity contribution < 1.29 is 8.42 Å². The fourth-order valence-electron chi connectivity index (χ4n) is 1.74. The van der Waals surface area contributed by atoms with Crippen LogP contribution in [0.1, 0.15) is 24.8 Å². The summed E-state index contributed by atoms with van der Waals surface area (Å²) >= 11 is 0. The van der Waals surface area contributed by atoms with Gasteiger partial charge in [0.1, 0.15) is 0 Å².